The third-order valence-corrected chi connectivity index (χ3v) is 3.05. The SMILES string of the molecule is COC(=O)C1CN(c2ccc(C(N)=O)cc2)CCO1. The van der Waals surface area contributed by atoms with Gasteiger partial charge in [-0.15, -0.1) is 0 Å². The Bertz CT molecular complexity index is 472. The third-order valence-electron chi connectivity index (χ3n) is 3.05. The highest BCUT2D eigenvalue weighted by molar-refractivity contribution is 5.93. The van der Waals surface area contributed by atoms with Gasteiger partial charge in [0.15, 0.2) is 6.10 Å². The summed E-state index contributed by atoms with van der Waals surface area (Å²) in [6.07, 6.45) is -0.574. The van der Waals surface area contributed by atoms with Crippen molar-refractivity contribution in [2.45, 2.75) is 6.10 Å². The normalized spacial score (nSPS) is 19.0. The fourth-order valence-corrected chi connectivity index (χ4v) is 1.99. The Morgan fingerprint density at radius 1 is 1.37 bits per heavy atom. The number of primary amides is 1. The van der Waals surface area contributed by atoms with Gasteiger partial charge in [-0.2, -0.15) is 0 Å². The summed E-state index contributed by atoms with van der Waals surface area (Å²) in [7, 11) is 1.34. The zero-order valence-electron chi connectivity index (χ0n) is 10.7. The van der Waals surface area contributed by atoms with Crippen molar-refractivity contribution in [2.75, 3.05) is 31.7 Å². The Hall–Kier alpha value is -2.08. The molecule has 6 heteroatoms. The first kappa shape index (κ1) is 13.4. The molecule has 1 heterocycles. The molecule has 1 unspecified atom stereocenters. The van der Waals surface area contributed by atoms with E-state index in [-0.39, 0.29) is 5.97 Å². The Morgan fingerprint density at radius 3 is 2.63 bits per heavy atom. The largest absolute Gasteiger partial charge is 0.467 e. The first-order valence-electron chi connectivity index (χ1n) is 5.96. The number of carbonyl (C=O) groups is 2. The first-order chi connectivity index (χ1) is 9.11. The van der Waals surface area contributed by atoms with Gasteiger partial charge in [-0.25, -0.2) is 4.79 Å². The summed E-state index contributed by atoms with van der Waals surface area (Å²) < 4.78 is 10.0. The number of hydrogen-bond acceptors (Lipinski definition) is 5. The molecule has 1 aromatic carbocycles. The van der Waals surface area contributed by atoms with Crippen LogP contribution in [0.1, 0.15) is 10.4 Å². The minimum absolute atomic E-state index is 0.376. The number of nitrogens with two attached hydrogens (primary N) is 1. The van der Waals surface area contributed by atoms with E-state index in [0.717, 1.165) is 5.69 Å². The van der Waals surface area contributed by atoms with Crippen LogP contribution < -0.4 is 10.6 Å². The number of methoxy groups -OCH3 is 1. The summed E-state index contributed by atoms with van der Waals surface area (Å²) in [6.45, 7) is 1.57. The smallest absolute Gasteiger partial charge is 0.336 e. The Balaban J connectivity index is 2.08. The lowest BCUT2D eigenvalue weighted by atomic mass is 10.1. The Labute approximate surface area is 111 Å². The van der Waals surface area contributed by atoms with Crippen LogP contribution in [0.3, 0.4) is 0 Å². The fourth-order valence-electron chi connectivity index (χ4n) is 1.99. The van der Waals surface area contributed by atoms with Crippen molar-refractivity contribution in [2.24, 2.45) is 5.73 Å². The molecule has 1 amide bonds. The van der Waals surface area contributed by atoms with E-state index in [1.165, 1.54) is 7.11 Å². The van der Waals surface area contributed by atoms with Crippen molar-refractivity contribution in [3.8, 4) is 0 Å². The van der Waals surface area contributed by atoms with Crippen molar-refractivity contribution >= 4 is 17.6 Å². The van der Waals surface area contributed by atoms with E-state index in [2.05, 4.69) is 4.74 Å². The topological polar surface area (TPSA) is 81.9 Å². The van der Waals surface area contributed by atoms with Crippen LogP contribution in [0.25, 0.3) is 0 Å². The molecule has 2 N–H and O–H groups in total. The summed E-state index contributed by atoms with van der Waals surface area (Å²) in [5.74, 6) is -0.834. The van der Waals surface area contributed by atoms with Crippen LogP contribution in [0.4, 0.5) is 5.69 Å². The van der Waals surface area contributed by atoms with Crippen molar-refractivity contribution < 1.29 is 19.1 Å². The van der Waals surface area contributed by atoms with Gasteiger partial charge in [0.1, 0.15) is 0 Å². The van der Waals surface area contributed by atoms with E-state index in [4.69, 9.17) is 10.5 Å². The molecule has 0 bridgehead atoms. The van der Waals surface area contributed by atoms with Gasteiger partial charge in [-0.1, -0.05) is 0 Å². The lowest BCUT2D eigenvalue weighted by molar-refractivity contribution is -0.154. The average Bonchev–Trinajstić information content (AvgIpc) is 2.46. The highest BCUT2D eigenvalue weighted by atomic mass is 16.6. The zero-order chi connectivity index (χ0) is 13.8. The van der Waals surface area contributed by atoms with E-state index in [1.54, 1.807) is 24.3 Å². The predicted octanol–water partition coefficient (Wildman–Crippen LogP) is 0.164. The highest BCUT2D eigenvalue weighted by Crippen LogP contribution is 2.18. The maximum absolute atomic E-state index is 11.5. The van der Waals surface area contributed by atoms with Gasteiger partial charge in [0.25, 0.3) is 0 Å². The molecule has 1 aliphatic heterocycles. The van der Waals surface area contributed by atoms with E-state index in [0.29, 0.717) is 25.3 Å². The second-order valence-corrected chi connectivity index (χ2v) is 4.24. The van der Waals surface area contributed by atoms with Crippen LogP contribution in [0, 0.1) is 0 Å². The molecule has 0 spiro atoms. The zero-order valence-corrected chi connectivity index (χ0v) is 10.7. The third kappa shape index (κ3) is 3.03. The lowest BCUT2D eigenvalue weighted by Crippen LogP contribution is -2.46. The molecule has 0 aromatic heterocycles. The minimum atomic E-state index is -0.574. The number of carbonyl (C=O) groups excluding carboxylic acids is 2. The summed E-state index contributed by atoms with van der Waals surface area (Å²) in [4.78, 5) is 24.5. The molecule has 1 atom stereocenters. The van der Waals surface area contributed by atoms with Crippen LogP contribution >= 0.6 is 0 Å². The lowest BCUT2D eigenvalue weighted by Gasteiger charge is -2.33. The second kappa shape index (κ2) is 5.71. The molecule has 1 aliphatic rings. The van der Waals surface area contributed by atoms with Crippen LogP contribution in [-0.2, 0) is 14.3 Å². The number of rotatable bonds is 3. The molecule has 0 radical (unpaired) electrons. The number of amides is 1. The number of hydrogen-bond donors (Lipinski definition) is 1. The molecule has 1 fully saturated rings. The number of morpholine rings is 1. The number of esters is 1. The van der Waals surface area contributed by atoms with Crippen molar-refractivity contribution in [3.63, 3.8) is 0 Å². The van der Waals surface area contributed by atoms with Gasteiger partial charge < -0.3 is 20.1 Å². The van der Waals surface area contributed by atoms with E-state index in [9.17, 15) is 9.59 Å². The quantitative estimate of drug-likeness (QED) is 0.787. The van der Waals surface area contributed by atoms with Gasteiger partial charge in [0, 0.05) is 17.8 Å². The van der Waals surface area contributed by atoms with Gasteiger partial charge in [0.05, 0.1) is 20.3 Å². The van der Waals surface area contributed by atoms with Crippen LogP contribution in [0.15, 0.2) is 24.3 Å². The number of anilines is 1. The van der Waals surface area contributed by atoms with Gasteiger partial charge >= 0.3 is 5.97 Å². The number of benzene rings is 1. The van der Waals surface area contributed by atoms with Crippen molar-refractivity contribution in [3.05, 3.63) is 29.8 Å². The molecule has 19 heavy (non-hydrogen) atoms. The Morgan fingerprint density at radius 2 is 2.05 bits per heavy atom. The standard InChI is InChI=1S/C13H16N2O4/c1-18-13(17)11-8-15(6-7-19-11)10-4-2-9(3-5-10)12(14)16/h2-5,11H,6-8H2,1H3,(H2,14,16). The molecule has 1 aromatic rings. The molecule has 6 nitrogen and oxygen atoms in total. The van der Waals surface area contributed by atoms with E-state index >= 15 is 0 Å². The van der Waals surface area contributed by atoms with Crippen LogP contribution in [-0.4, -0.2) is 44.8 Å². The van der Waals surface area contributed by atoms with Crippen LogP contribution in [0.2, 0.25) is 0 Å². The molecular weight excluding hydrogens is 248 g/mol. The maximum Gasteiger partial charge on any atom is 0.336 e. The summed E-state index contributed by atoms with van der Waals surface area (Å²) in [5, 5.41) is 0. The summed E-state index contributed by atoms with van der Waals surface area (Å²) >= 11 is 0. The van der Waals surface area contributed by atoms with Gasteiger partial charge in [-0.05, 0) is 24.3 Å². The van der Waals surface area contributed by atoms with E-state index < -0.39 is 12.0 Å². The summed E-state index contributed by atoms with van der Waals surface area (Å²) in [5.41, 5.74) is 6.57. The number of nitrogens with zero attached hydrogens (tertiary/aromatic N) is 1. The summed E-state index contributed by atoms with van der Waals surface area (Å²) in [6, 6.07) is 6.94. The van der Waals surface area contributed by atoms with Gasteiger partial charge in [0.2, 0.25) is 5.91 Å². The molecule has 102 valence electrons. The van der Waals surface area contributed by atoms with Crippen molar-refractivity contribution in [1.29, 1.82) is 0 Å². The number of ether oxygens (including phenoxy) is 2. The first-order valence-corrected chi connectivity index (χ1v) is 5.96. The van der Waals surface area contributed by atoms with E-state index in [1.807, 2.05) is 4.90 Å². The maximum atomic E-state index is 11.5. The molecular formula is C13H16N2O4. The van der Waals surface area contributed by atoms with Gasteiger partial charge in [-0.3, -0.25) is 4.79 Å². The monoisotopic (exact) mass is 264 g/mol. The average molecular weight is 264 g/mol. The molecule has 0 saturated carbocycles. The van der Waals surface area contributed by atoms with Crippen molar-refractivity contribution in [1.82, 2.24) is 0 Å². The Kier molecular flexibility index (Phi) is 4.01. The molecule has 1 saturated heterocycles. The second-order valence-electron chi connectivity index (χ2n) is 4.24. The molecule has 2 rings (SSSR count). The predicted molar refractivity (Wildman–Crippen MR) is 68.9 cm³/mol. The molecule has 0 aliphatic carbocycles. The highest BCUT2D eigenvalue weighted by Gasteiger charge is 2.27. The minimum Gasteiger partial charge on any atom is -0.467 e. The van der Waals surface area contributed by atoms with Crippen LogP contribution in [0.5, 0.6) is 0 Å². The fraction of sp³-hybridized carbons (Fsp3) is 0.385.